The maximum atomic E-state index is 14.6. The summed E-state index contributed by atoms with van der Waals surface area (Å²) in [4.78, 5) is 41.6. The Morgan fingerprint density at radius 1 is 0.424 bits per heavy atom. The summed E-state index contributed by atoms with van der Waals surface area (Å²) in [7, 11) is 1.24. The third-order valence-corrected chi connectivity index (χ3v) is 15.6. The van der Waals surface area contributed by atoms with Crippen LogP contribution in [0.25, 0.3) is 0 Å². The first-order valence-electron chi connectivity index (χ1n) is 28.8. The minimum Gasteiger partial charge on any atom is -0.467 e. The maximum absolute atomic E-state index is 14.6. The van der Waals surface area contributed by atoms with Crippen molar-refractivity contribution in [3.05, 3.63) is 215 Å². The first kappa shape index (κ1) is 63.2. The maximum Gasteiger partial charge on any atom is 0.337 e. The topological polar surface area (TPSA) is 180 Å². The zero-order valence-corrected chi connectivity index (χ0v) is 49.3. The molecule has 0 bridgehead atoms. The third-order valence-electron chi connectivity index (χ3n) is 14.6. The molecule has 0 saturated carbocycles. The van der Waals surface area contributed by atoms with Crippen molar-refractivity contribution in [1.29, 1.82) is 0 Å². The number of carbonyl (C=O) groups excluding carboxylic acids is 3. The third kappa shape index (κ3) is 17.9. The Labute approximate surface area is 501 Å². The molecule has 18 heteroatoms. The van der Waals surface area contributed by atoms with Crippen LogP contribution in [-0.4, -0.2) is 129 Å². The first-order valence-corrected chi connectivity index (χ1v) is 29.8. The van der Waals surface area contributed by atoms with Crippen LogP contribution >= 0.6 is 11.8 Å². The van der Waals surface area contributed by atoms with E-state index < -0.39 is 109 Å². The van der Waals surface area contributed by atoms with Gasteiger partial charge in [-0.2, -0.15) is 0 Å². The summed E-state index contributed by atoms with van der Waals surface area (Å²) in [5.74, 6) is -1.64. The fraction of sp³-hybridized carbons (Fsp3) is 0.418. The van der Waals surface area contributed by atoms with Crippen molar-refractivity contribution in [3.63, 3.8) is 0 Å². The molecule has 0 radical (unpaired) electrons. The van der Waals surface area contributed by atoms with Gasteiger partial charge in [0.05, 0.1) is 59.5 Å². The van der Waals surface area contributed by atoms with Gasteiger partial charge in [-0.05, 0) is 46.1 Å². The summed E-state index contributed by atoms with van der Waals surface area (Å²) >= 11 is 1.37. The molecule has 9 rings (SSSR count). The largest absolute Gasteiger partial charge is 0.467 e. The van der Waals surface area contributed by atoms with Gasteiger partial charge in [-0.15, -0.1) is 11.8 Å². The average Bonchev–Trinajstić information content (AvgIpc) is 1.52. The molecule has 13 unspecified atom stereocenters. The van der Waals surface area contributed by atoms with E-state index in [2.05, 4.69) is 0 Å². The van der Waals surface area contributed by atoms with Crippen LogP contribution in [0.1, 0.15) is 61.1 Å². The van der Waals surface area contributed by atoms with E-state index in [9.17, 15) is 14.4 Å². The number of carbonyl (C=O) groups is 3. The molecule has 0 amide bonds. The summed E-state index contributed by atoms with van der Waals surface area (Å²) in [6.07, 6.45) is -16.8. The van der Waals surface area contributed by atoms with E-state index in [1.807, 2.05) is 196 Å². The lowest BCUT2D eigenvalue weighted by molar-refractivity contribution is -0.372. The number of esters is 3. The summed E-state index contributed by atoms with van der Waals surface area (Å²) in [5.41, 5.74) is 4.28. The van der Waals surface area contributed by atoms with Gasteiger partial charge in [-0.1, -0.05) is 189 Å². The highest BCUT2D eigenvalue weighted by Crippen LogP contribution is 2.41. The molecule has 6 aromatic carbocycles. The molecular formula is C67H76O17S. The van der Waals surface area contributed by atoms with Crippen LogP contribution in [0.2, 0.25) is 0 Å². The highest BCUT2D eigenvalue weighted by Gasteiger charge is 2.59. The molecule has 0 N–H and O–H groups in total. The zero-order chi connectivity index (χ0) is 59.3. The van der Waals surface area contributed by atoms with Crippen LogP contribution in [0.3, 0.4) is 0 Å². The van der Waals surface area contributed by atoms with E-state index in [-0.39, 0.29) is 46.2 Å². The fourth-order valence-corrected chi connectivity index (χ4v) is 11.5. The number of ether oxygens (including phenoxy) is 14. The van der Waals surface area contributed by atoms with Crippen LogP contribution in [0, 0.1) is 0 Å². The van der Waals surface area contributed by atoms with Crippen LogP contribution in [0.5, 0.6) is 0 Å². The van der Waals surface area contributed by atoms with E-state index in [4.69, 9.17) is 66.3 Å². The lowest BCUT2D eigenvalue weighted by Crippen LogP contribution is -2.68. The number of methoxy groups -OCH3 is 1. The van der Waals surface area contributed by atoms with E-state index in [1.165, 1.54) is 32.7 Å². The standard InChI is InChI=1S/C67H76O17S/c1-6-85-67-63(77-42-52-35-23-12-24-36-52)59(58(60(84-67)64(70)71-5)82-65-61(79-45(3)68)56(75-40-50-31-19-10-20-32-50)54(44(2)78-65)73-38-48-27-15-8-16-28-48)83-66-62(80-46(4)69)57(76-41-51-33-21-11-22-34-51)55(74-39-49-29-17-9-18-30-49)53(81-66)43-72-37-47-25-13-7-14-26-47/h7-36,44,53-63,65-67H,6,37-43H2,1-5H3/t44-,53?,54?,55?,56?,57?,58?,59?,60?,61?,62?,63?,65-,66?,67?/m0/s1. The average molecular weight is 1190 g/mol. The number of thioether (sulfide) groups is 1. The molecule has 17 nitrogen and oxygen atoms in total. The van der Waals surface area contributed by atoms with Crippen LogP contribution in [0.15, 0.2) is 182 Å². The highest BCUT2D eigenvalue weighted by molar-refractivity contribution is 7.99. The monoisotopic (exact) mass is 1180 g/mol. The number of rotatable bonds is 28. The summed E-state index contributed by atoms with van der Waals surface area (Å²) in [6, 6.07) is 57.7. The minimum atomic E-state index is -1.55. The number of hydrogen-bond acceptors (Lipinski definition) is 18. The van der Waals surface area contributed by atoms with Crippen molar-refractivity contribution in [2.24, 2.45) is 0 Å². The Kier molecular flexibility index (Phi) is 24.1. The second kappa shape index (κ2) is 32.4. The molecule has 3 aliphatic rings. The van der Waals surface area contributed by atoms with Gasteiger partial charge in [0, 0.05) is 13.8 Å². The van der Waals surface area contributed by atoms with Gasteiger partial charge >= 0.3 is 17.9 Å². The molecule has 15 atom stereocenters. The van der Waals surface area contributed by atoms with Gasteiger partial charge in [-0.3, -0.25) is 9.59 Å². The molecule has 3 aliphatic heterocycles. The number of hydrogen-bond donors (Lipinski definition) is 0. The second-order valence-corrected chi connectivity index (χ2v) is 22.2. The summed E-state index contributed by atoms with van der Waals surface area (Å²) in [6.45, 7) is 7.04. The zero-order valence-electron chi connectivity index (χ0n) is 48.5. The van der Waals surface area contributed by atoms with Gasteiger partial charge in [-0.25, -0.2) is 4.79 Å². The molecular weight excluding hydrogens is 1110 g/mol. The molecule has 452 valence electrons. The van der Waals surface area contributed by atoms with Crippen LogP contribution in [-0.2, 0) is 120 Å². The van der Waals surface area contributed by atoms with Crippen molar-refractivity contribution in [3.8, 4) is 0 Å². The van der Waals surface area contributed by atoms with Gasteiger partial charge < -0.3 is 66.3 Å². The minimum absolute atomic E-state index is 0.0390. The summed E-state index contributed by atoms with van der Waals surface area (Å²) in [5, 5.41) is 0. The van der Waals surface area contributed by atoms with E-state index in [1.54, 1.807) is 0 Å². The van der Waals surface area contributed by atoms with Gasteiger partial charge in [0.25, 0.3) is 0 Å². The molecule has 85 heavy (non-hydrogen) atoms. The molecule has 0 aromatic heterocycles. The van der Waals surface area contributed by atoms with E-state index in [0.29, 0.717) is 5.75 Å². The smallest absolute Gasteiger partial charge is 0.337 e. The van der Waals surface area contributed by atoms with Crippen molar-refractivity contribution in [2.75, 3.05) is 19.5 Å². The SMILES string of the molecule is CCSC1OC(C(=O)OC)C(O[C@@H]2O[C@@H](C)C(OCc3ccccc3)C(OCc3ccccc3)C2OC(C)=O)C(OC2OC(COCc3ccccc3)C(OCc3ccccc3)C(OCc3ccccc3)C2OC(C)=O)C1OCc1ccccc1. The highest BCUT2D eigenvalue weighted by atomic mass is 32.2. The summed E-state index contributed by atoms with van der Waals surface area (Å²) < 4.78 is 94.0. The van der Waals surface area contributed by atoms with Crippen LogP contribution in [0.4, 0.5) is 0 Å². The quantitative estimate of drug-likeness (QED) is 0.0334. The second-order valence-electron chi connectivity index (χ2n) is 20.8. The Bertz CT molecular complexity index is 2920. The predicted octanol–water partition coefficient (Wildman–Crippen LogP) is 9.88. The first-order chi connectivity index (χ1) is 41.5. The molecule has 3 fully saturated rings. The molecule has 6 aromatic rings. The Morgan fingerprint density at radius 2 is 0.788 bits per heavy atom. The molecule has 0 spiro atoms. The van der Waals surface area contributed by atoms with Crippen molar-refractivity contribution >= 4 is 29.7 Å². The lowest BCUT2D eigenvalue weighted by Gasteiger charge is -2.51. The fourth-order valence-electron chi connectivity index (χ4n) is 10.6. The lowest BCUT2D eigenvalue weighted by atomic mass is 9.95. The van der Waals surface area contributed by atoms with E-state index in [0.717, 1.165) is 33.4 Å². The molecule has 3 heterocycles. The molecule has 0 aliphatic carbocycles. The van der Waals surface area contributed by atoms with Gasteiger partial charge in [0.15, 0.2) is 30.9 Å². The Balaban J connectivity index is 1.14. The predicted molar refractivity (Wildman–Crippen MR) is 314 cm³/mol. The van der Waals surface area contributed by atoms with Crippen molar-refractivity contribution < 1.29 is 80.7 Å². The van der Waals surface area contributed by atoms with Crippen LogP contribution < -0.4 is 0 Å². The Morgan fingerprint density at radius 3 is 1.20 bits per heavy atom. The van der Waals surface area contributed by atoms with Crippen molar-refractivity contribution in [1.82, 2.24) is 0 Å². The van der Waals surface area contributed by atoms with Crippen molar-refractivity contribution in [2.45, 2.75) is 159 Å². The van der Waals surface area contributed by atoms with Gasteiger partial charge in [0.2, 0.25) is 0 Å². The normalized spacial score (nSPS) is 27.6. The number of benzene rings is 6. The van der Waals surface area contributed by atoms with E-state index >= 15 is 0 Å². The Hall–Kier alpha value is -6.36. The van der Waals surface area contributed by atoms with Gasteiger partial charge in [0.1, 0.15) is 54.3 Å². The molecule has 3 saturated heterocycles.